The van der Waals surface area contributed by atoms with Crippen LogP contribution in [-0.2, 0) is 9.32 Å². The average molecular weight is 651 g/mol. The molecule has 2 aromatic carbocycles. The number of nitrogens with zero attached hydrogens (tertiary/aromatic N) is 5. The van der Waals surface area contributed by atoms with Crippen molar-refractivity contribution in [2.24, 2.45) is 0 Å². The lowest BCUT2D eigenvalue weighted by molar-refractivity contribution is -0.111. The van der Waals surface area contributed by atoms with E-state index in [1.165, 1.54) is 12.7 Å². The maximum Gasteiger partial charge on any atom is 0.300 e. The van der Waals surface area contributed by atoms with Gasteiger partial charge in [0.1, 0.15) is 30.0 Å². The van der Waals surface area contributed by atoms with E-state index in [2.05, 4.69) is 64.6 Å². The molecule has 0 saturated heterocycles. The van der Waals surface area contributed by atoms with E-state index in [0.717, 1.165) is 34.3 Å². The van der Waals surface area contributed by atoms with Crippen molar-refractivity contribution in [2.75, 3.05) is 17.2 Å². The van der Waals surface area contributed by atoms with Crippen LogP contribution in [0.2, 0.25) is 0 Å². The van der Waals surface area contributed by atoms with E-state index in [0.29, 0.717) is 42.4 Å². The van der Waals surface area contributed by atoms with Crippen molar-refractivity contribution in [3.8, 4) is 23.3 Å². The van der Waals surface area contributed by atoms with Crippen LogP contribution in [-0.4, -0.2) is 37.1 Å². The minimum absolute atomic E-state index is 0.369. The SMILES string of the molecule is Cc1cc(Nc2ncnc3ccc(NC(=O)C#CCCCOPI)cc23)ccc1Oc1ccn2ncnc2c1. The molecule has 0 fully saturated rings. The Kier molecular flexibility index (Phi) is 8.78. The van der Waals surface area contributed by atoms with Crippen LogP contribution in [0.25, 0.3) is 16.6 Å². The normalized spacial score (nSPS) is 11.0. The minimum Gasteiger partial charge on any atom is -0.457 e. The predicted molar refractivity (Wildman–Crippen MR) is 161 cm³/mol. The molecule has 0 spiro atoms. The van der Waals surface area contributed by atoms with Crippen molar-refractivity contribution < 1.29 is 14.1 Å². The zero-order valence-corrected chi connectivity index (χ0v) is 24.0. The molecule has 10 nitrogen and oxygen atoms in total. The molecule has 196 valence electrons. The highest BCUT2D eigenvalue weighted by Crippen LogP contribution is 2.31. The highest BCUT2D eigenvalue weighted by atomic mass is 127. The first-order chi connectivity index (χ1) is 19.1. The number of halogens is 1. The molecule has 2 N–H and O–H groups in total. The summed E-state index contributed by atoms with van der Waals surface area (Å²) in [6.45, 7) is 3.05. The van der Waals surface area contributed by atoms with Gasteiger partial charge in [0.05, 0.1) is 18.6 Å². The molecular weight excluding hydrogens is 628 g/mol. The molecule has 0 aliphatic heterocycles. The highest BCUT2D eigenvalue weighted by Gasteiger charge is 2.09. The lowest BCUT2D eigenvalue weighted by Crippen LogP contribution is -2.08. The van der Waals surface area contributed by atoms with Gasteiger partial charge in [-0.2, -0.15) is 5.10 Å². The number of hydrogen-bond acceptors (Lipinski definition) is 8. The van der Waals surface area contributed by atoms with Gasteiger partial charge in [-0.05, 0) is 89.3 Å². The van der Waals surface area contributed by atoms with Gasteiger partial charge in [-0.1, -0.05) is 5.92 Å². The summed E-state index contributed by atoms with van der Waals surface area (Å²) in [5.41, 5.74) is 3.83. The molecule has 3 aromatic heterocycles. The molecule has 0 aliphatic carbocycles. The van der Waals surface area contributed by atoms with E-state index in [-0.39, 0.29) is 5.91 Å². The van der Waals surface area contributed by atoms with Crippen molar-refractivity contribution in [1.29, 1.82) is 0 Å². The third kappa shape index (κ3) is 6.97. The van der Waals surface area contributed by atoms with Gasteiger partial charge in [0, 0.05) is 35.4 Å². The van der Waals surface area contributed by atoms with E-state index in [1.54, 1.807) is 16.8 Å². The minimum atomic E-state index is -0.369. The number of carbonyl (C=O) groups is 1. The average Bonchev–Trinajstić information content (AvgIpc) is 3.40. The first-order valence-electron chi connectivity index (χ1n) is 12.0. The molecule has 1 unspecified atom stereocenters. The third-order valence-corrected chi connectivity index (χ3v) is 6.86. The number of nitrogens with one attached hydrogen (secondary N) is 2. The smallest absolute Gasteiger partial charge is 0.300 e. The van der Waals surface area contributed by atoms with Gasteiger partial charge in [0.2, 0.25) is 0 Å². The van der Waals surface area contributed by atoms with Crippen LogP contribution < -0.4 is 15.4 Å². The number of pyridine rings is 1. The van der Waals surface area contributed by atoms with Crippen LogP contribution in [0.15, 0.2) is 67.4 Å². The molecular formula is C27H23IN7O3P. The Balaban J connectivity index is 1.28. The monoisotopic (exact) mass is 651 g/mol. The Bertz CT molecular complexity index is 1700. The molecule has 0 aliphatic rings. The van der Waals surface area contributed by atoms with Crippen molar-refractivity contribution in [1.82, 2.24) is 24.6 Å². The quantitative estimate of drug-likeness (QED) is 0.0839. The summed E-state index contributed by atoms with van der Waals surface area (Å²) in [7, 11) is 0. The molecule has 39 heavy (non-hydrogen) atoms. The number of ether oxygens (including phenoxy) is 1. The Hall–Kier alpha value is -3.85. The Labute approximate surface area is 239 Å². The third-order valence-electron chi connectivity index (χ3n) is 5.62. The number of hydrogen-bond donors (Lipinski definition) is 2. The second-order valence-electron chi connectivity index (χ2n) is 8.37. The summed E-state index contributed by atoms with van der Waals surface area (Å²) in [6, 6.07) is 14.9. The van der Waals surface area contributed by atoms with Gasteiger partial charge in [-0.25, -0.2) is 19.5 Å². The van der Waals surface area contributed by atoms with Crippen molar-refractivity contribution in [3.05, 3.63) is 72.9 Å². The molecule has 3 heterocycles. The van der Waals surface area contributed by atoms with Gasteiger partial charge in [-0.15, -0.1) is 0 Å². The Morgan fingerprint density at radius 1 is 1.08 bits per heavy atom. The molecule has 1 atom stereocenters. The standard InChI is InChI=1S/C27H23IN7O3P/c1-18-13-19(7-9-24(18)38-21-10-11-35-25(15-21)30-17-32-35)34-27-22-14-20(6-8-23(22)29-16-31-27)33-26(36)5-3-2-4-12-37-39-28/h6-11,13-17,39H,2,4,12H2,1H3,(H,33,36)(H,29,31,34). The predicted octanol–water partition coefficient (Wildman–Crippen LogP) is 6.20. The van der Waals surface area contributed by atoms with Crippen LogP contribution in [0.1, 0.15) is 18.4 Å². The maximum atomic E-state index is 12.3. The van der Waals surface area contributed by atoms with Crippen LogP contribution in [0, 0.1) is 18.8 Å². The van der Waals surface area contributed by atoms with Crippen LogP contribution >= 0.6 is 28.5 Å². The first-order valence-corrected chi connectivity index (χ1v) is 16.0. The summed E-state index contributed by atoms with van der Waals surface area (Å²) in [4.78, 5) is 25.3. The number of anilines is 3. The van der Waals surface area contributed by atoms with Crippen LogP contribution in [0.4, 0.5) is 17.2 Å². The van der Waals surface area contributed by atoms with Gasteiger partial charge in [0.15, 0.2) is 5.65 Å². The zero-order chi connectivity index (χ0) is 27.0. The van der Waals surface area contributed by atoms with E-state index in [9.17, 15) is 4.79 Å². The van der Waals surface area contributed by atoms with Crippen molar-refractivity contribution >= 4 is 68.1 Å². The second-order valence-corrected chi connectivity index (χ2v) is 10.1. The number of benzene rings is 2. The fourth-order valence-corrected chi connectivity index (χ4v) is 4.66. The number of fused-ring (bicyclic) bond motifs is 2. The summed E-state index contributed by atoms with van der Waals surface area (Å²) < 4.78 is 13.0. The Morgan fingerprint density at radius 2 is 1.97 bits per heavy atom. The number of rotatable bonds is 9. The lowest BCUT2D eigenvalue weighted by Gasteiger charge is -2.13. The fraction of sp³-hybridized carbons (Fsp3) is 0.148. The largest absolute Gasteiger partial charge is 0.457 e. The van der Waals surface area contributed by atoms with E-state index >= 15 is 0 Å². The first kappa shape index (κ1) is 26.7. The van der Waals surface area contributed by atoms with Crippen LogP contribution in [0.3, 0.4) is 0 Å². The second kappa shape index (κ2) is 12.8. The zero-order valence-electron chi connectivity index (χ0n) is 20.8. The van der Waals surface area contributed by atoms with E-state index in [1.807, 2.05) is 49.4 Å². The lowest BCUT2D eigenvalue weighted by atomic mass is 10.1. The number of unbranched alkanes of at least 4 members (excludes halogenated alkanes) is 1. The van der Waals surface area contributed by atoms with Gasteiger partial charge >= 0.3 is 0 Å². The summed E-state index contributed by atoms with van der Waals surface area (Å²) >= 11 is 2.18. The molecule has 5 aromatic rings. The summed E-state index contributed by atoms with van der Waals surface area (Å²) in [6.07, 6.45) is 6.20. The molecule has 1 amide bonds. The number of carbonyl (C=O) groups excluding carboxylic acids is 1. The molecule has 5 rings (SSSR count). The van der Waals surface area contributed by atoms with E-state index in [4.69, 9.17) is 9.26 Å². The van der Waals surface area contributed by atoms with Gasteiger partial charge in [-0.3, -0.25) is 4.79 Å². The topological polar surface area (TPSA) is 116 Å². The molecule has 12 heteroatoms. The number of aryl methyl sites for hydroxylation is 1. The number of amides is 1. The van der Waals surface area contributed by atoms with Crippen molar-refractivity contribution in [3.63, 3.8) is 0 Å². The summed E-state index contributed by atoms with van der Waals surface area (Å²) in [5.74, 6) is 7.15. The highest BCUT2D eigenvalue weighted by molar-refractivity contribution is 14.2. The Morgan fingerprint density at radius 3 is 2.85 bits per heavy atom. The van der Waals surface area contributed by atoms with Gasteiger partial charge < -0.3 is 19.9 Å². The van der Waals surface area contributed by atoms with Gasteiger partial charge in [0.25, 0.3) is 5.91 Å². The molecule has 0 radical (unpaired) electrons. The summed E-state index contributed by atoms with van der Waals surface area (Å²) in [5, 5.41) is 11.0. The molecule has 0 bridgehead atoms. The van der Waals surface area contributed by atoms with Crippen molar-refractivity contribution in [2.45, 2.75) is 19.8 Å². The maximum absolute atomic E-state index is 12.3. The fourth-order valence-electron chi connectivity index (χ4n) is 3.78. The molecule has 0 saturated carbocycles. The van der Waals surface area contributed by atoms with E-state index < -0.39 is 0 Å². The van der Waals surface area contributed by atoms with Crippen LogP contribution in [0.5, 0.6) is 11.5 Å². The number of aromatic nitrogens is 5.